The lowest BCUT2D eigenvalue weighted by Gasteiger charge is -2.37. The van der Waals surface area contributed by atoms with Crippen LogP contribution in [0.25, 0.3) is 10.4 Å². The number of hydrogen-bond donors (Lipinski definition) is 0. The Balaban J connectivity index is 3.41. The second-order valence-electron chi connectivity index (χ2n) is 9.64. The first kappa shape index (κ1) is 26.0. The molecule has 30 heavy (non-hydrogen) atoms. The van der Waals surface area contributed by atoms with E-state index in [2.05, 4.69) is 10.0 Å². The van der Waals surface area contributed by atoms with Gasteiger partial charge in [0.25, 0.3) is 0 Å². The second kappa shape index (κ2) is 8.99. The maximum Gasteiger partial charge on any atom is 0.416 e. The summed E-state index contributed by atoms with van der Waals surface area (Å²) in [6, 6.07) is 1.85. The number of rotatable bonds is 6. The summed E-state index contributed by atoms with van der Waals surface area (Å²) in [5.41, 5.74) is 6.83. The average Bonchev–Trinajstić information content (AvgIpc) is 2.54. The Morgan fingerprint density at radius 1 is 1.13 bits per heavy atom. The molecule has 1 unspecified atom stereocenters. The van der Waals surface area contributed by atoms with Gasteiger partial charge in [-0.3, -0.25) is 0 Å². The Bertz CT molecular complexity index is 821. The summed E-state index contributed by atoms with van der Waals surface area (Å²) >= 11 is 0. The number of carbonyl (C=O) groups is 1. The van der Waals surface area contributed by atoms with E-state index < -0.39 is 37.7 Å². The monoisotopic (exact) mass is 445 g/mol. The van der Waals surface area contributed by atoms with E-state index in [1.165, 1.54) is 6.07 Å². The molecule has 6 nitrogen and oxygen atoms in total. The zero-order valence-electron chi connectivity index (χ0n) is 18.7. The summed E-state index contributed by atoms with van der Waals surface area (Å²) in [6.07, 6.45) is -4.69. The summed E-state index contributed by atoms with van der Waals surface area (Å²) in [6.45, 7) is 14.8. The number of halogens is 3. The molecule has 0 radical (unpaired) electrons. The van der Waals surface area contributed by atoms with Gasteiger partial charge in [-0.1, -0.05) is 25.9 Å². The van der Waals surface area contributed by atoms with Crippen molar-refractivity contribution in [2.24, 2.45) is 5.11 Å². The van der Waals surface area contributed by atoms with Gasteiger partial charge >= 0.3 is 12.1 Å². The van der Waals surface area contributed by atoms with Crippen molar-refractivity contribution in [3.05, 3.63) is 45.3 Å². The Kier molecular flexibility index (Phi) is 7.79. The number of nitrogens with zero attached hydrogens (tertiary/aromatic N) is 3. The lowest BCUT2D eigenvalue weighted by molar-refractivity contribution is -0.137. The highest BCUT2D eigenvalue weighted by molar-refractivity contribution is 6.74. The van der Waals surface area contributed by atoms with Crippen LogP contribution in [0.2, 0.25) is 18.1 Å². The van der Waals surface area contributed by atoms with Crippen molar-refractivity contribution in [3.8, 4) is 0 Å². The van der Waals surface area contributed by atoms with E-state index in [1.807, 2.05) is 33.9 Å². The molecule has 0 spiro atoms. The molecular formula is C20H30F3N3O3Si. The Labute approximate surface area is 176 Å². The van der Waals surface area contributed by atoms with E-state index >= 15 is 0 Å². The molecular weight excluding hydrogens is 415 g/mol. The predicted molar refractivity (Wildman–Crippen MR) is 112 cm³/mol. The summed E-state index contributed by atoms with van der Waals surface area (Å²) in [5.74, 6) is -0.889. The van der Waals surface area contributed by atoms with Gasteiger partial charge in [0.15, 0.2) is 8.32 Å². The molecule has 10 heteroatoms. The minimum atomic E-state index is -4.69. The van der Waals surface area contributed by atoms with Crippen LogP contribution >= 0.6 is 0 Å². The second-order valence-corrected chi connectivity index (χ2v) is 14.4. The highest BCUT2D eigenvalue weighted by Crippen LogP contribution is 2.38. The van der Waals surface area contributed by atoms with Crippen LogP contribution < -0.4 is 0 Å². The van der Waals surface area contributed by atoms with Crippen molar-refractivity contribution in [1.82, 2.24) is 0 Å². The molecule has 1 rings (SSSR count). The number of azide groups is 1. The first-order valence-corrected chi connectivity index (χ1v) is 12.4. The van der Waals surface area contributed by atoms with E-state index in [-0.39, 0.29) is 22.8 Å². The maximum absolute atomic E-state index is 13.4. The quantitative estimate of drug-likeness (QED) is 0.155. The Morgan fingerprint density at radius 3 is 2.13 bits per heavy atom. The molecule has 1 aromatic carbocycles. The number of alkyl halides is 3. The van der Waals surface area contributed by atoms with Crippen LogP contribution in [-0.4, -0.2) is 26.5 Å². The molecule has 0 fully saturated rings. The van der Waals surface area contributed by atoms with Gasteiger partial charge in [0.2, 0.25) is 0 Å². The first-order chi connectivity index (χ1) is 13.4. The predicted octanol–water partition coefficient (Wildman–Crippen LogP) is 7.03. The van der Waals surface area contributed by atoms with Crippen molar-refractivity contribution in [3.63, 3.8) is 0 Å². The summed E-state index contributed by atoms with van der Waals surface area (Å²) in [7, 11) is -2.24. The smallest absolute Gasteiger partial charge is 0.416 e. The summed E-state index contributed by atoms with van der Waals surface area (Å²) in [5, 5.41) is 3.50. The van der Waals surface area contributed by atoms with Gasteiger partial charge in [-0.2, -0.15) is 13.2 Å². The third kappa shape index (κ3) is 7.34. The fourth-order valence-electron chi connectivity index (χ4n) is 2.22. The molecule has 0 saturated carbocycles. The van der Waals surface area contributed by atoms with E-state index in [1.54, 1.807) is 20.8 Å². The van der Waals surface area contributed by atoms with Gasteiger partial charge in [0.1, 0.15) is 5.60 Å². The molecule has 0 aliphatic heterocycles. The zero-order valence-corrected chi connectivity index (χ0v) is 19.7. The van der Waals surface area contributed by atoms with Gasteiger partial charge < -0.3 is 9.16 Å². The largest absolute Gasteiger partial charge is 0.456 e. The molecule has 0 bridgehead atoms. The minimum absolute atomic E-state index is 0.0437. The van der Waals surface area contributed by atoms with E-state index in [4.69, 9.17) is 14.7 Å². The van der Waals surface area contributed by atoms with Gasteiger partial charge in [-0.05, 0) is 68.2 Å². The molecule has 0 N–H and O–H groups in total. The van der Waals surface area contributed by atoms with Crippen molar-refractivity contribution < 1.29 is 27.1 Å². The number of benzene rings is 1. The van der Waals surface area contributed by atoms with Crippen LogP contribution in [0.1, 0.15) is 69.1 Å². The SMILES string of the molecule is CC(C)(C)OC(=O)c1cc(C(CO[Si](C)(C)C(C)(C)C)N=[N+]=[N-])cc(C(F)(F)F)c1. The summed E-state index contributed by atoms with van der Waals surface area (Å²) < 4.78 is 51.6. The molecule has 0 amide bonds. The number of hydrogen-bond acceptors (Lipinski definition) is 4. The van der Waals surface area contributed by atoms with Gasteiger partial charge in [-0.15, -0.1) is 0 Å². The molecule has 0 aliphatic carbocycles. The fraction of sp³-hybridized carbons (Fsp3) is 0.650. The van der Waals surface area contributed by atoms with Crippen molar-refractivity contribution in [2.45, 2.75) is 77.5 Å². The van der Waals surface area contributed by atoms with Crippen LogP contribution in [-0.2, 0) is 15.3 Å². The standard InChI is InChI=1S/C20H30F3N3O3Si/c1-18(2,3)29-17(27)14-9-13(10-15(11-14)20(21,22)23)16(25-26-24)12-28-30(7,8)19(4,5)6/h9-11,16H,12H2,1-8H3. The number of esters is 1. The Hall–Kier alpha value is -2.03. The van der Waals surface area contributed by atoms with E-state index in [0.717, 1.165) is 12.1 Å². The summed E-state index contributed by atoms with van der Waals surface area (Å²) in [4.78, 5) is 15.2. The van der Waals surface area contributed by atoms with Crippen molar-refractivity contribution in [1.29, 1.82) is 0 Å². The molecule has 1 atom stereocenters. The minimum Gasteiger partial charge on any atom is -0.456 e. The van der Waals surface area contributed by atoms with E-state index in [0.29, 0.717) is 0 Å². The van der Waals surface area contributed by atoms with Gasteiger partial charge in [0.05, 0.1) is 17.2 Å². The van der Waals surface area contributed by atoms with Crippen LogP contribution in [0, 0.1) is 0 Å². The van der Waals surface area contributed by atoms with E-state index in [9.17, 15) is 18.0 Å². The molecule has 0 aliphatic rings. The molecule has 1 aromatic rings. The van der Waals surface area contributed by atoms with Crippen molar-refractivity contribution in [2.75, 3.05) is 6.61 Å². The number of carbonyl (C=O) groups excluding carboxylic acids is 1. The highest BCUT2D eigenvalue weighted by atomic mass is 28.4. The van der Waals surface area contributed by atoms with Crippen LogP contribution in [0.5, 0.6) is 0 Å². The lowest BCUT2D eigenvalue weighted by atomic mass is 10.0. The highest BCUT2D eigenvalue weighted by Gasteiger charge is 2.38. The number of ether oxygens (including phenoxy) is 1. The third-order valence-corrected chi connectivity index (χ3v) is 9.40. The van der Waals surface area contributed by atoms with Crippen LogP contribution in [0.15, 0.2) is 23.3 Å². The maximum atomic E-state index is 13.4. The molecule has 0 heterocycles. The van der Waals surface area contributed by atoms with Gasteiger partial charge in [0, 0.05) is 11.5 Å². The zero-order chi connectivity index (χ0) is 23.5. The molecule has 0 saturated heterocycles. The van der Waals surface area contributed by atoms with Crippen LogP contribution in [0.4, 0.5) is 13.2 Å². The third-order valence-electron chi connectivity index (χ3n) is 4.90. The molecule has 168 valence electrons. The lowest BCUT2D eigenvalue weighted by Crippen LogP contribution is -2.41. The van der Waals surface area contributed by atoms with Gasteiger partial charge in [-0.25, -0.2) is 4.79 Å². The van der Waals surface area contributed by atoms with Crippen LogP contribution in [0.3, 0.4) is 0 Å². The fourth-order valence-corrected chi connectivity index (χ4v) is 3.23. The van der Waals surface area contributed by atoms with Crippen molar-refractivity contribution >= 4 is 14.3 Å². The Morgan fingerprint density at radius 2 is 1.70 bits per heavy atom. The normalized spacial score (nSPS) is 14.1. The first-order valence-electron chi connectivity index (χ1n) is 9.51. The topological polar surface area (TPSA) is 84.3 Å². The molecule has 0 aromatic heterocycles. The average molecular weight is 446 g/mol.